The van der Waals surface area contributed by atoms with E-state index in [9.17, 15) is 0 Å². The average molecular weight is 406 g/mol. The molecule has 0 unspecified atom stereocenters. The first-order valence-corrected chi connectivity index (χ1v) is 7.86. The maximum atomic E-state index is 6.16. The standard InChI is InChI=1S/C16H9ClIN3/c17-10-5-6-13-11(7-10)16-14(8-19-13)20-9-21(16)15-4-2-1-3-12(15)18/h1-9H. The van der Waals surface area contributed by atoms with E-state index < -0.39 is 0 Å². The molecule has 0 spiro atoms. The summed E-state index contributed by atoms with van der Waals surface area (Å²) in [7, 11) is 0. The molecule has 102 valence electrons. The van der Waals surface area contributed by atoms with E-state index >= 15 is 0 Å². The summed E-state index contributed by atoms with van der Waals surface area (Å²) in [5.41, 5.74) is 3.92. The number of halogens is 2. The van der Waals surface area contributed by atoms with Gasteiger partial charge in [-0.15, -0.1) is 0 Å². The van der Waals surface area contributed by atoms with Crippen molar-refractivity contribution in [3.8, 4) is 5.69 Å². The number of hydrogen-bond acceptors (Lipinski definition) is 2. The van der Waals surface area contributed by atoms with E-state index in [0.717, 1.165) is 27.6 Å². The van der Waals surface area contributed by atoms with Gasteiger partial charge in [-0.05, 0) is 52.9 Å². The molecule has 0 saturated carbocycles. The van der Waals surface area contributed by atoms with Gasteiger partial charge in [-0.2, -0.15) is 0 Å². The van der Waals surface area contributed by atoms with Gasteiger partial charge in [0.05, 0.1) is 22.9 Å². The summed E-state index contributed by atoms with van der Waals surface area (Å²) in [4.78, 5) is 8.91. The van der Waals surface area contributed by atoms with Crippen LogP contribution >= 0.6 is 34.2 Å². The molecule has 4 aromatic rings. The first-order chi connectivity index (χ1) is 10.2. The van der Waals surface area contributed by atoms with Crippen LogP contribution in [0.15, 0.2) is 55.0 Å². The minimum atomic E-state index is 0.701. The molecular weight excluding hydrogens is 397 g/mol. The van der Waals surface area contributed by atoms with E-state index in [4.69, 9.17) is 11.6 Å². The van der Waals surface area contributed by atoms with Crippen molar-refractivity contribution < 1.29 is 0 Å². The number of nitrogens with zero attached hydrogens (tertiary/aromatic N) is 3. The molecular formula is C16H9ClIN3. The molecule has 0 bridgehead atoms. The van der Waals surface area contributed by atoms with Crippen molar-refractivity contribution in [3.05, 3.63) is 63.6 Å². The second kappa shape index (κ2) is 4.96. The summed E-state index contributed by atoms with van der Waals surface area (Å²) in [5.74, 6) is 0. The maximum Gasteiger partial charge on any atom is 0.108 e. The maximum absolute atomic E-state index is 6.16. The van der Waals surface area contributed by atoms with Crippen molar-refractivity contribution in [1.29, 1.82) is 0 Å². The molecule has 0 amide bonds. The van der Waals surface area contributed by atoms with E-state index in [0.29, 0.717) is 5.02 Å². The highest BCUT2D eigenvalue weighted by molar-refractivity contribution is 14.1. The van der Waals surface area contributed by atoms with Gasteiger partial charge in [0, 0.05) is 14.0 Å². The lowest BCUT2D eigenvalue weighted by atomic mass is 10.2. The summed E-state index contributed by atoms with van der Waals surface area (Å²) in [5, 5.41) is 1.71. The van der Waals surface area contributed by atoms with Gasteiger partial charge in [0.1, 0.15) is 11.8 Å². The Morgan fingerprint density at radius 1 is 1.00 bits per heavy atom. The topological polar surface area (TPSA) is 30.7 Å². The van der Waals surface area contributed by atoms with E-state index in [2.05, 4.69) is 49.3 Å². The van der Waals surface area contributed by atoms with Gasteiger partial charge >= 0.3 is 0 Å². The largest absolute Gasteiger partial charge is 0.297 e. The van der Waals surface area contributed by atoms with E-state index in [1.165, 1.54) is 3.57 Å². The smallest absolute Gasteiger partial charge is 0.108 e. The minimum Gasteiger partial charge on any atom is -0.297 e. The summed E-state index contributed by atoms with van der Waals surface area (Å²) >= 11 is 8.49. The number of rotatable bonds is 1. The number of fused-ring (bicyclic) bond motifs is 3. The Bertz CT molecular complexity index is 978. The number of pyridine rings is 1. The molecule has 0 atom stereocenters. The minimum absolute atomic E-state index is 0.701. The average Bonchev–Trinajstić information content (AvgIpc) is 2.92. The SMILES string of the molecule is Clc1ccc2ncc3ncn(-c4ccccc4I)c3c2c1. The van der Waals surface area contributed by atoms with Crippen LogP contribution in [0.25, 0.3) is 27.6 Å². The van der Waals surface area contributed by atoms with Crippen molar-refractivity contribution in [2.45, 2.75) is 0 Å². The highest BCUT2D eigenvalue weighted by Crippen LogP contribution is 2.29. The molecule has 3 nitrogen and oxygen atoms in total. The fraction of sp³-hybridized carbons (Fsp3) is 0. The van der Waals surface area contributed by atoms with E-state index in [-0.39, 0.29) is 0 Å². The first-order valence-electron chi connectivity index (χ1n) is 6.40. The molecule has 2 aromatic carbocycles. The molecule has 0 aliphatic heterocycles. The Balaban J connectivity index is 2.16. The summed E-state index contributed by atoms with van der Waals surface area (Å²) in [6, 6.07) is 14.0. The molecule has 0 saturated heterocycles. The van der Waals surface area contributed by atoms with Crippen LogP contribution < -0.4 is 0 Å². The van der Waals surface area contributed by atoms with Crippen molar-refractivity contribution in [3.63, 3.8) is 0 Å². The lowest BCUT2D eigenvalue weighted by Crippen LogP contribution is -1.95. The predicted molar refractivity (Wildman–Crippen MR) is 94.1 cm³/mol. The predicted octanol–water partition coefficient (Wildman–Crippen LogP) is 4.83. The van der Waals surface area contributed by atoms with E-state index in [1.807, 2.05) is 36.7 Å². The molecule has 4 rings (SSSR count). The number of imidazole rings is 1. The second-order valence-corrected chi connectivity index (χ2v) is 6.32. The first kappa shape index (κ1) is 13.0. The molecule has 0 fully saturated rings. The van der Waals surface area contributed by atoms with Gasteiger partial charge in [0.15, 0.2) is 0 Å². The zero-order chi connectivity index (χ0) is 14.4. The van der Waals surface area contributed by atoms with Crippen molar-refractivity contribution in [2.24, 2.45) is 0 Å². The summed E-state index contributed by atoms with van der Waals surface area (Å²) in [6.07, 6.45) is 3.64. The zero-order valence-electron chi connectivity index (χ0n) is 10.8. The molecule has 2 aromatic heterocycles. The third-order valence-corrected chi connectivity index (χ3v) is 4.59. The van der Waals surface area contributed by atoms with Crippen LogP contribution in [0, 0.1) is 3.57 Å². The molecule has 5 heteroatoms. The molecule has 0 N–H and O–H groups in total. The lowest BCUT2D eigenvalue weighted by Gasteiger charge is -2.08. The van der Waals surface area contributed by atoms with E-state index in [1.54, 1.807) is 6.20 Å². The normalized spacial score (nSPS) is 11.3. The highest BCUT2D eigenvalue weighted by Gasteiger charge is 2.11. The van der Waals surface area contributed by atoms with Crippen molar-refractivity contribution >= 4 is 56.1 Å². The fourth-order valence-corrected chi connectivity index (χ4v) is 3.31. The van der Waals surface area contributed by atoms with Crippen LogP contribution in [0.1, 0.15) is 0 Å². The molecule has 2 heterocycles. The third kappa shape index (κ3) is 2.10. The molecule has 0 aliphatic rings. The number of aromatic nitrogens is 3. The van der Waals surface area contributed by atoms with Crippen LogP contribution in [0.2, 0.25) is 5.02 Å². The number of hydrogen-bond donors (Lipinski definition) is 0. The number of para-hydroxylation sites is 1. The van der Waals surface area contributed by atoms with Crippen LogP contribution in [-0.2, 0) is 0 Å². The summed E-state index contributed by atoms with van der Waals surface area (Å²) in [6.45, 7) is 0. The highest BCUT2D eigenvalue weighted by atomic mass is 127. The van der Waals surface area contributed by atoms with Crippen LogP contribution in [-0.4, -0.2) is 14.5 Å². The second-order valence-electron chi connectivity index (χ2n) is 4.72. The van der Waals surface area contributed by atoms with Crippen LogP contribution in [0.3, 0.4) is 0 Å². The van der Waals surface area contributed by atoms with Gasteiger partial charge in [0.2, 0.25) is 0 Å². The van der Waals surface area contributed by atoms with Gasteiger partial charge in [-0.3, -0.25) is 9.55 Å². The molecule has 0 radical (unpaired) electrons. The van der Waals surface area contributed by atoms with Crippen molar-refractivity contribution in [1.82, 2.24) is 14.5 Å². The van der Waals surface area contributed by atoms with Crippen molar-refractivity contribution in [2.75, 3.05) is 0 Å². The van der Waals surface area contributed by atoms with Crippen LogP contribution in [0.5, 0.6) is 0 Å². The molecule has 21 heavy (non-hydrogen) atoms. The summed E-state index contributed by atoms with van der Waals surface area (Å²) < 4.78 is 3.26. The monoisotopic (exact) mass is 405 g/mol. The van der Waals surface area contributed by atoms with Gasteiger partial charge in [-0.1, -0.05) is 23.7 Å². The van der Waals surface area contributed by atoms with Gasteiger partial charge < -0.3 is 0 Å². The zero-order valence-corrected chi connectivity index (χ0v) is 13.7. The Morgan fingerprint density at radius 2 is 1.86 bits per heavy atom. The quantitative estimate of drug-likeness (QED) is 0.425. The Hall–Kier alpha value is -1.66. The van der Waals surface area contributed by atoms with Gasteiger partial charge in [0.25, 0.3) is 0 Å². The number of benzene rings is 2. The lowest BCUT2D eigenvalue weighted by molar-refractivity contribution is 1.09. The molecule has 0 aliphatic carbocycles. The Morgan fingerprint density at radius 3 is 2.71 bits per heavy atom. The Labute approximate surface area is 139 Å². The van der Waals surface area contributed by atoms with Gasteiger partial charge in [-0.25, -0.2) is 4.98 Å². The fourth-order valence-electron chi connectivity index (χ4n) is 2.50. The third-order valence-electron chi connectivity index (χ3n) is 3.45. The Kier molecular flexibility index (Phi) is 3.08. The van der Waals surface area contributed by atoms with Crippen LogP contribution in [0.4, 0.5) is 0 Å².